The molecule has 27 heavy (non-hydrogen) atoms. The lowest BCUT2D eigenvalue weighted by molar-refractivity contribution is -0.149. The Bertz CT molecular complexity index is 834. The van der Waals surface area contributed by atoms with Crippen LogP contribution in [0, 0.1) is 5.92 Å². The molecular weight excluding hydrogens is 406 g/mol. The van der Waals surface area contributed by atoms with Gasteiger partial charge in [-0.15, -0.1) is 0 Å². The number of nitrogens with one attached hydrogen (secondary N) is 1. The van der Waals surface area contributed by atoms with E-state index in [1.54, 1.807) is 0 Å². The topological polar surface area (TPSA) is 55.4 Å². The molecule has 0 aromatic heterocycles. The zero-order chi connectivity index (χ0) is 19.2. The average Bonchev–Trinajstić information content (AvgIpc) is 2.65. The second-order valence-electron chi connectivity index (χ2n) is 6.64. The molecule has 1 heterocycles. The fourth-order valence-electron chi connectivity index (χ4n) is 3.42. The number of piperidine rings is 1. The maximum Gasteiger partial charge on any atom is 0.315 e. The van der Waals surface area contributed by atoms with Crippen LogP contribution in [-0.2, 0) is 20.7 Å². The van der Waals surface area contributed by atoms with E-state index in [9.17, 15) is 9.59 Å². The summed E-state index contributed by atoms with van der Waals surface area (Å²) in [6.45, 7) is 4.24. The van der Waals surface area contributed by atoms with Gasteiger partial charge in [0.2, 0.25) is 5.91 Å². The van der Waals surface area contributed by atoms with Crippen LogP contribution in [0.15, 0.2) is 71.3 Å². The first-order valence-corrected chi connectivity index (χ1v) is 9.79. The molecule has 1 amide bonds. The van der Waals surface area contributed by atoms with Gasteiger partial charge in [0.25, 0.3) is 0 Å². The number of benzene rings is 2. The number of esters is 1. The summed E-state index contributed by atoms with van der Waals surface area (Å²) >= 11 is 3.52. The predicted octanol–water partition coefficient (Wildman–Crippen LogP) is 4.36. The van der Waals surface area contributed by atoms with Gasteiger partial charge in [0.1, 0.15) is 5.92 Å². The van der Waals surface area contributed by atoms with Crippen molar-refractivity contribution in [1.82, 2.24) is 5.32 Å². The monoisotopic (exact) mass is 427 g/mol. The summed E-state index contributed by atoms with van der Waals surface area (Å²) in [6, 6.07) is 17.7. The van der Waals surface area contributed by atoms with Crippen LogP contribution in [0.5, 0.6) is 0 Å². The SMILES string of the molecule is C=C1NC(=O)C[C@@H](c2ccccc2Br)[C@@H]1C(=O)OCCCc1ccccc1. The van der Waals surface area contributed by atoms with Gasteiger partial charge in [-0.1, -0.05) is 71.0 Å². The molecule has 1 fully saturated rings. The molecule has 0 radical (unpaired) electrons. The summed E-state index contributed by atoms with van der Waals surface area (Å²) in [7, 11) is 0. The quantitative estimate of drug-likeness (QED) is 0.550. The highest BCUT2D eigenvalue weighted by atomic mass is 79.9. The van der Waals surface area contributed by atoms with Gasteiger partial charge in [0.05, 0.1) is 6.61 Å². The van der Waals surface area contributed by atoms with Crippen LogP contribution in [0.3, 0.4) is 0 Å². The first-order chi connectivity index (χ1) is 13.1. The Morgan fingerprint density at radius 2 is 1.85 bits per heavy atom. The molecule has 0 aliphatic carbocycles. The van der Waals surface area contributed by atoms with Gasteiger partial charge in [-0.25, -0.2) is 0 Å². The molecule has 140 valence electrons. The van der Waals surface area contributed by atoms with Crippen LogP contribution in [0.1, 0.15) is 29.9 Å². The van der Waals surface area contributed by atoms with Crippen LogP contribution in [0.4, 0.5) is 0 Å². The van der Waals surface area contributed by atoms with Crippen molar-refractivity contribution in [2.75, 3.05) is 6.61 Å². The number of aryl methyl sites for hydroxylation is 1. The van der Waals surface area contributed by atoms with Gasteiger partial charge in [0.15, 0.2) is 0 Å². The summed E-state index contributed by atoms with van der Waals surface area (Å²) in [5, 5.41) is 2.70. The van der Waals surface area contributed by atoms with Crippen molar-refractivity contribution in [3.05, 3.63) is 82.5 Å². The number of halogens is 1. The van der Waals surface area contributed by atoms with Crippen molar-refractivity contribution in [3.63, 3.8) is 0 Å². The molecule has 2 atom stereocenters. The van der Waals surface area contributed by atoms with E-state index in [0.717, 1.165) is 22.9 Å². The Hall–Kier alpha value is -2.40. The summed E-state index contributed by atoms with van der Waals surface area (Å²) in [5.74, 6) is -1.34. The second kappa shape index (κ2) is 9.00. The molecule has 4 nitrogen and oxygen atoms in total. The fraction of sp³-hybridized carbons (Fsp3) is 0.273. The maximum atomic E-state index is 12.8. The van der Waals surface area contributed by atoms with Gasteiger partial charge in [-0.3, -0.25) is 9.59 Å². The molecular formula is C22H22BrNO3. The minimum atomic E-state index is -0.585. The Morgan fingerprint density at radius 1 is 1.15 bits per heavy atom. The average molecular weight is 428 g/mol. The van der Waals surface area contributed by atoms with E-state index in [4.69, 9.17) is 4.74 Å². The largest absolute Gasteiger partial charge is 0.465 e. The lowest BCUT2D eigenvalue weighted by Gasteiger charge is -2.32. The molecule has 1 N–H and O–H groups in total. The van der Waals surface area contributed by atoms with E-state index in [0.29, 0.717) is 12.3 Å². The molecule has 0 bridgehead atoms. The Labute approximate surface area is 167 Å². The van der Waals surface area contributed by atoms with E-state index in [-0.39, 0.29) is 24.2 Å². The fourth-order valence-corrected chi connectivity index (χ4v) is 4.00. The molecule has 0 spiro atoms. The number of carbonyl (C=O) groups excluding carboxylic acids is 2. The smallest absolute Gasteiger partial charge is 0.315 e. The van der Waals surface area contributed by atoms with Crippen molar-refractivity contribution >= 4 is 27.8 Å². The van der Waals surface area contributed by atoms with Crippen LogP contribution < -0.4 is 5.32 Å². The molecule has 2 aromatic rings. The molecule has 0 unspecified atom stereocenters. The molecule has 2 aromatic carbocycles. The molecule has 1 aliphatic heterocycles. The van der Waals surface area contributed by atoms with E-state index in [1.807, 2.05) is 42.5 Å². The lowest BCUT2D eigenvalue weighted by Crippen LogP contribution is -2.41. The molecule has 3 rings (SSSR count). The summed E-state index contributed by atoms with van der Waals surface area (Å²) < 4.78 is 6.41. The van der Waals surface area contributed by atoms with E-state index >= 15 is 0 Å². The van der Waals surface area contributed by atoms with Gasteiger partial charge < -0.3 is 10.1 Å². The molecule has 0 saturated carbocycles. The summed E-state index contributed by atoms with van der Waals surface area (Å²) in [5.41, 5.74) is 2.54. The number of hydrogen-bond acceptors (Lipinski definition) is 3. The minimum Gasteiger partial charge on any atom is -0.465 e. The lowest BCUT2D eigenvalue weighted by atomic mass is 9.79. The maximum absolute atomic E-state index is 12.8. The summed E-state index contributed by atoms with van der Waals surface area (Å²) in [4.78, 5) is 24.8. The highest BCUT2D eigenvalue weighted by molar-refractivity contribution is 9.10. The zero-order valence-corrected chi connectivity index (χ0v) is 16.6. The van der Waals surface area contributed by atoms with Gasteiger partial charge in [-0.2, -0.15) is 0 Å². The Balaban J connectivity index is 1.66. The van der Waals surface area contributed by atoms with Gasteiger partial charge >= 0.3 is 5.97 Å². The van der Waals surface area contributed by atoms with Gasteiger partial charge in [0, 0.05) is 22.5 Å². The van der Waals surface area contributed by atoms with Crippen LogP contribution >= 0.6 is 15.9 Å². The number of hydrogen-bond donors (Lipinski definition) is 1. The van der Waals surface area contributed by atoms with Crippen molar-refractivity contribution < 1.29 is 14.3 Å². The highest BCUT2D eigenvalue weighted by Crippen LogP contribution is 2.39. The van der Waals surface area contributed by atoms with Crippen LogP contribution in [0.2, 0.25) is 0 Å². The van der Waals surface area contributed by atoms with Crippen molar-refractivity contribution in [1.29, 1.82) is 0 Å². The zero-order valence-electron chi connectivity index (χ0n) is 15.0. The first-order valence-electron chi connectivity index (χ1n) is 9.00. The van der Waals surface area contributed by atoms with E-state index in [2.05, 4.69) is 40.0 Å². The van der Waals surface area contributed by atoms with E-state index in [1.165, 1.54) is 5.56 Å². The molecule has 1 aliphatic rings. The standard InChI is InChI=1S/C22H22BrNO3/c1-15-21(22(26)27-13-7-10-16-8-3-2-4-9-16)18(14-20(25)24-15)17-11-5-6-12-19(17)23/h2-6,8-9,11-12,18,21H,1,7,10,13-14H2,(H,24,25)/t18-,21+/m0/s1. The Kier molecular flexibility index (Phi) is 6.45. The number of rotatable bonds is 6. The third kappa shape index (κ3) is 4.86. The minimum absolute atomic E-state index is 0.131. The predicted molar refractivity (Wildman–Crippen MR) is 108 cm³/mol. The summed E-state index contributed by atoms with van der Waals surface area (Å²) in [6.07, 6.45) is 1.83. The number of ether oxygens (including phenoxy) is 1. The Morgan fingerprint density at radius 3 is 2.59 bits per heavy atom. The highest BCUT2D eigenvalue weighted by Gasteiger charge is 2.39. The van der Waals surface area contributed by atoms with Crippen molar-refractivity contribution in [2.45, 2.75) is 25.2 Å². The first kappa shape index (κ1) is 19.4. The van der Waals surface area contributed by atoms with E-state index < -0.39 is 5.92 Å². The van der Waals surface area contributed by atoms with Crippen LogP contribution in [-0.4, -0.2) is 18.5 Å². The van der Waals surface area contributed by atoms with Crippen LogP contribution in [0.25, 0.3) is 0 Å². The molecule has 5 heteroatoms. The number of amides is 1. The third-order valence-corrected chi connectivity index (χ3v) is 5.46. The third-order valence-electron chi connectivity index (χ3n) is 4.74. The molecule has 1 saturated heterocycles. The number of carbonyl (C=O) groups is 2. The van der Waals surface area contributed by atoms with Gasteiger partial charge in [-0.05, 0) is 30.0 Å². The van der Waals surface area contributed by atoms with Crippen molar-refractivity contribution in [3.8, 4) is 0 Å². The van der Waals surface area contributed by atoms with Crippen molar-refractivity contribution in [2.24, 2.45) is 5.92 Å². The second-order valence-corrected chi connectivity index (χ2v) is 7.49. The normalized spacial score (nSPS) is 19.4.